The molecule has 6 rings (SSSR count). The number of aromatic nitrogens is 3. The van der Waals surface area contributed by atoms with Crippen molar-refractivity contribution in [3.63, 3.8) is 0 Å². The van der Waals surface area contributed by atoms with Crippen molar-refractivity contribution in [2.24, 2.45) is 0 Å². The Morgan fingerprint density at radius 1 is 0.750 bits per heavy atom. The number of hydrogen-bond donors (Lipinski definition) is 4. The molecule has 15 heteroatoms. The molecule has 3 atom stereocenters. The smallest absolute Gasteiger partial charge is 0.274 e. The van der Waals surface area contributed by atoms with E-state index in [-0.39, 0.29) is 37.5 Å². The van der Waals surface area contributed by atoms with Crippen LogP contribution in [0.5, 0.6) is 0 Å². The monoisotopic (exact) mass is 709 g/mol. The molecule has 2 aliphatic rings. The third kappa shape index (κ3) is 9.98. The molecule has 0 aliphatic carbocycles. The van der Waals surface area contributed by atoms with Gasteiger partial charge in [0.2, 0.25) is 23.7 Å². The third-order valence-corrected chi connectivity index (χ3v) is 8.86. The SMILES string of the molecule is C[C@@H]1NC(=O)c2cc(on2)CN(Cc2cnc(N3CCOCC3)nc2)CCNC(=O)[C@@H](Cc2ccccc2)NC(=O)[C@H](Cc2ccccc2)NC1=O. The number of carbonyl (C=O) groups excluding carboxylic acids is 4. The molecule has 4 aromatic rings. The Balaban J connectivity index is 1.24. The Labute approximate surface area is 301 Å². The van der Waals surface area contributed by atoms with Crippen molar-refractivity contribution in [1.82, 2.24) is 41.3 Å². The molecule has 4 heterocycles. The van der Waals surface area contributed by atoms with Crippen LogP contribution in [0.1, 0.15) is 39.9 Å². The molecule has 0 radical (unpaired) electrons. The summed E-state index contributed by atoms with van der Waals surface area (Å²) in [6.45, 7) is 5.47. The van der Waals surface area contributed by atoms with Crippen molar-refractivity contribution in [1.29, 1.82) is 0 Å². The van der Waals surface area contributed by atoms with Crippen LogP contribution in [-0.4, -0.2) is 101 Å². The molecular formula is C37H43N9O6. The van der Waals surface area contributed by atoms with E-state index in [0.29, 0.717) is 38.0 Å². The maximum atomic E-state index is 13.9. The fourth-order valence-corrected chi connectivity index (χ4v) is 6.03. The lowest BCUT2D eigenvalue weighted by Gasteiger charge is -2.27. The summed E-state index contributed by atoms with van der Waals surface area (Å²) in [5, 5.41) is 15.3. The number of hydrogen-bond acceptors (Lipinski definition) is 11. The molecule has 0 saturated carbocycles. The molecule has 4 amide bonds. The van der Waals surface area contributed by atoms with Gasteiger partial charge < -0.3 is 35.4 Å². The van der Waals surface area contributed by atoms with E-state index < -0.39 is 35.8 Å². The highest BCUT2D eigenvalue weighted by molar-refractivity contribution is 5.97. The van der Waals surface area contributed by atoms with E-state index in [1.54, 1.807) is 12.4 Å². The summed E-state index contributed by atoms with van der Waals surface area (Å²) < 4.78 is 11.0. The van der Waals surface area contributed by atoms with Crippen LogP contribution in [0.15, 0.2) is 83.6 Å². The molecule has 2 aliphatic heterocycles. The number of rotatable bonds is 7. The highest BCUT2D eigenvalue weighted by Crippen LogP contribution is 2.14. The van der Waals surface area contributed by atoms with E-state index >= 15 is 0 Å². The number of ether oxygens (including phenoxy) is 1. The first-order valence-electron chi connectivity index (χ1n) is 17.4. The summed E-state index contributed by atoms with van der Waals surface area (Å²) in [6, 6.07) is 17.2. The summed E-state index contributed by atoms with van der Waals surface area (Å²) in [4.78, 5) is 67.4. The van der Waals surface area contributed by atoms with Crippen molar-refractivity contribution >= 4 is 29.6 Å². The summed E-state index contributed by atoms with van der Waals surface area (Å²) in [7, 11) is 0. The maximum Gasteiger partial charge on any atom is 0.274 e. The van der Waals surface area contributed by atoms with Gasteiger partial charge in [-0.25, -0.2) is 9.97 Å². The Morgan fingerprint density at radius 2 is 1.37 bits per heavy atom. The molecule has 2 aromatic carbocycles. The number of amides is 4. The van der Waals surface area contributed by atoms with Gasteiger partial charge in [-0.05, 0) is 18.1 Å². The number of anilines is 1. The molecule has 272 valence electrons. The first kappa shape index (κ1) is 36.1. The van der Waals surface area contributed by atoms with Crippen LogP contribution in [-0.2, 0) is 45.1 Å². The van der Waals surface area contributed by atoms with Gasteiger partial charge in [0.15, 0.2) is 11.5 Å². The standard InChI is InChI=1S/C37H43N9O6/c1-25-33(47)42-31(19-27-10-6-3-7-11-27)35(49)43-30(18-26-8-4-2-5-9-26)34(48)38-12-13-45(24-29-20-32(44-52-29)36(50)41-25)23-28-21-39-37(40-22-28)46-14-16-51-17-15-46/h2-11,20-22,25,30-31H,12-19,23-24H2,1H3,(H,38,48)(H,41,50)(H,42,47)(H,43,49)/t25-,30+,31-/m0/s1. The molecule has 0 spiro atoms. The van der Waals surface area contributed by atoms with Gasteiger partial charge in [-0.3, -0.25) is 24.1 Å². The second-order valence-electron chi connectivity index (χ2n) is 12.9. The molecule has 2 aromatic heterocycles. The highest BCUT2D eigenvalue weighted by Gasteiger charge is 2.30. The quantitative estimate of drug-likeness (QED) is 0.215. The number of nitrogens with zero attached hydrogens (tertiary/aromatic N) is 5. The van der Waals surface area contributed by atoms with Crippen LogP contribution in [0.3, 0.4) is 0 Å². The van der Waals surface area contributed by atoms with Gasteiger partial charge in [0, 0.05) is 69.6 Å². The zero-order valence-corrected chi connectivity index (χ0v) is 29.0. The van der Waals surface area contributed by atoms with Crippen LogP contribution >= 0.6 is 0 Å². The number of carbonyl (C=O) groups is 4. The normalized spacial score (nSPS) is 21.2. The van der Waals surface area contributed by atoms with Gasteiger partial charge in [0.1, 0.15) is 18.1 Å². The van der Waals surface area contributed by atoms with E-state index in [9.17, 15) is 19.2 Å². The maximum absolute atomic E-state index is 13.9. The number of fused-ring (bicyclic) bond motifs is 2. The average molecular weight is 710 g/mol. The van der Waals surface area contributed by atoms with Crippen LogP contribution < -0.4 is 26.2 Å². The van der Waals surface area contributed by atoms with E-state index in [0.717, 1.165) is 29.8 Å². The first-order valence-corrected chi connectivity index (χ1v) is 17.4. The van der Waals surface area contributed by atoms with Crippen molar-refractivity contribution in [3.05, 3.63) is 107 Å². The van der Waals surface area contributed by atoms with Crippen LogP contribution in [0.2, 0.25) is 0 Å². The molecule has 15 nitrogen and oxygen atoms in total. The Hall–Kier alpha value is -5.67. The molecule has 1 saturated heterocycles. The van der Waals surface area contributed by atoms with Gasteiger partial charge in [-0.1, -0.05) is 65.8 Å². The van der Waals surface area contributed by atoms with Crippen LogP contribution in [0, 0.1) is 0 Å². The highest BCUT2D eigenvalue weighted by atomic mass is 16.5. The fourth-order valence-electron chi connectivity index (χ4n) is 6.03. The first-order chi connectivity index (χ1) is 25.3. The van der Waals surface area contributed by atoms with E-state index in [2.05, 4.69) is 41.3 Å². The third-order valence-electron chi connectivity index (χ3n) is 8.86. The predicted octanol–water partition coefficient (Wildman–Crippen LogP) is 1.01. The molecule has 4 N–H and O–H groups in total. The largest absolute Gasteiger partial charge is 0.378 e. The Morgan fingerprint density at radius 3 is 2.02 bits per heavy atom. The van der Waals surface area contributed by atoms with E-state index in [4.69, 9.17) is 9.26 Å². The second-order valence-corrected chi connectivity index (χ2v) is 12.9. The minimum absolute atomic E-state index is 0.00421. The van der Waals surface area contributed by atoms with Crippen molar-refractivity contribution in [2.75, 3.05) is 44.3 Å². The topological polar surface area (TPSA) is 184 Å². The number of benzene rings is 2. The van der Waals surface area contributed by atoms with Crippen molar-refractivity contribution in [2.45, 2.75) is 51.0 Å². The lowest BCUT2D eigenvalue weighted by atomic mass is 10.0. The lowest BCUT2D eigenvalue weighted by Crippen LogP contribution is -2.57. The summed E-state index contributed by atoms with van der Waals surface area (Å²) in [6.07, 6.45) is 3.93. The lowest BCUT2D eigenvalue weighted by molar-refractivity contribution is -0.132. The summed E-state index contributed by atoms with van der Waals surface area (Å²) >= 11 is 0. The predicted molar refractivity (Wildman–Crippen MR) is 190 cm³/mol. The Kier molecular flexibility index (Phi) is 12.2. The van der Waals surface area contributed by atoms with E-state index in [1.165, 1.54) is 13.0 Å². The minimum Gasteiger partial charge on any atom is -0.378 e. The summed E-state index contributed by atoms with van der Waals surface area (Å²) in [5.41, 5.74) is 2.50. The Bertz CT molecular complexity index is 1800. The van der Waals surface area contributed by atoms with Crippen LogP contribution in [0.4, 0.5) is 5.95 Å². The molecule has 1 fully saturated rings. The van der Waals surface area contributed by atoms with Gasteiger partial charge in [0.05, 0.1) is 19.8 Å². The van der Waals surface area contributed by atoms with Crippen molar-refractivity contribution < 1.29 is 28.4 Å². The fraction of sp³-hybridized carbons (Fsp3) is 0.378. The second kappa shape index (κ2) is 17.5. The number of morpholine rings is 1. The van der Waals surface area contributed by atoms with Gasteiger partial charge in [-0.2, -0.15) is 0 Å². The molecule has 0 unspecified atom stereocenters. The zero-order valence-electron chi connectivity index (χ0n) is 29.0. The summed E-state index contributed by atoms with van der Waals surface area (Å²) in [5.74, 6) is -1.04. The van der Waals surface area contributed by atoms with Gasteiger partial charge in [0.25, 0.3) is 5.91 Å². The molecular weight excluding hydrogens is 666 g/mol. The average Bonchev–Trinajstić information content (AvgIpc) is 3.64. The minimum atomic E-state index is -1.04. The van der Waals surface area contributed by atoms with E-state index in [1.807, 2.05) is 65.6 Å². The molecule has 52 heavy (non-hydrogen) atoms. The van der Waals surface area contributed by atoms with Crippen molar-refractivity contribution in [3.8, 4) is 0 Å². The zero-order chi connectivity index (χ0) is 36.3. The van der Waals surface area contributed by atoms with Gasteiger partial charge in [-0.15, -0.1) is 0 Å². The molecule has 2 bridgehead atoms. The van der Waals surface area contributed by atoms with Gasteiger partial charge >= 0.3 is 0 Å². The van der Waals surface area contributed by atoms with Crippen LogP contribution in [0.25, 0.3) is 0 Å². The number of nitrogens with one attached hydrogen (secondary N) is 4.